The van der Waals surface area contributed by atoms with Crippen LogP contribution in [0.5, 0.6) is 0 Å². The zero-order chi connectivity index (χ0) is 18.7. The summed E-state index contributed by atoms with van der Waals surface area (Å²) in [7, 11) is 3.52. The van der Waals surface area contributed by atoms with Gasteiger partial charge in [0.15, 0.2) is 5.96 Å². The standard InChI is InChI=1S/C19H38N4O2/c1-6-16(3)22-18(20-14-17(24)23(4)5)21-15-19(10-8-9-11-19)12-13-25-7-2/h16H,6-15H2,1-5H3,(H2,20,21,22). The molecule has 1 atom stereocenters. The van der Waals surface area contributed by atoms with E-state index >= 15 is 0 Å². The number of aliphatic imine (C=N–C) groups is 1. The maximum atomic E-state index is 11.8. The van der Waals surface area contributed by atoms with Crippen LogP contribution in [0.1, 0.15) is 59.3 Å². The van der Waals surface area contributed by atoms with Gasteiger partial charge in [-0.2, -0.15) is 0 Å². The van der Waals surface area contributed by atoms with Crippen molar-refractivity contribution in [3.8, 4) is 0 Å². The van der Waals surface area contributed by atoms with Crippen molar-refractivity contribution in [3.05, 3.63) is 0 Å². The van der Waals surface area contributed by atoms with Crippen molar-refractivity contribution < 1.29 is 9.53 Å². The molecule has 0 bridgehead atoms. The van der Waals surface area contributed by atoms with Gasteiger partial charge in [-0.3, -0.25) is 4.79 Å². The number of carbonyl (C=O) groups excluding carboxylic acids is 1. The van der Waals surface area contributed by atoms with Gasteiger partial charge < -0.3 is 20.3 Å². The zero-order valence-electron chi connectivity index (χ0n) is 16.9. The molecule has 6 heteroatoms. The van der Waals surface area contributed by atoms with Crippen molar-refractivity contribution in [1.29, 1.82) is 0 Å². The highest BCUT2D eigenvalue weighted by atomic mass is 16.5. The van der Waals surface area contributed by atoms with Crippen molar-refractivity contribution in [3.63, 3.8) is 0 Å². The monoisotopic (exact) mass is 354 g/mol. The van der Waals surface area contributed by atoms with Crippen molar-refractivity contribution in [1.82, 2.24) is 15.5 Å². The van der Waals surface area contributed by atoms with Crippen molar-refractivity contribution in [2.75, 3.05) is 40.4 Å². The number of likely N-dealkylation sites (N-methyl/N-ethyl adjacent to an activating group) is 1. The number of nitrogens with zero attached hydrogens (tertiary/aromatic N) is 2. The lowest BCUT2D eigenvalue weighted by molar-refractivity contribution is -0.127. The molecule has 1 fully saturated rings. The molecule has 0 aromatic carbocycles. The molecule has 1 rings (SSSR count). The first-order valence-electron chi connectivity index (χ1n) is 9.75. The highest BCUT2D eigenvalue weighted by Crippen LogP contribution is 2.40. The first-order chi connectivity index (χ1) is 11.9. The largest absolute Gasteiger partial charge is 0.382 e. The SMILES string of the molecule is CCOCCC1(CNC(=NCC(=O)N(C)C)NC(C)CC)CCCC1. The molecular formula is C19H38N4O2. The summed E-state index contributed by atoms with van der Waals surface area (Å²) in [5.74, 6) is 0.754. The molecule has 6 nitrogen and oxygen atoms in total. The minimum Gasteiger partial charge on any atom is -0.382 e. The Bertz CT molecular complexity index is 418. The fraction of sp³-hybridized carbons (Fsp3) is 0.895. The van der Waals surface area contributed by atoms with E-state index in [1.54, 1.807) is 19.0 Å². The molecule has 1 aliphatic carbocycles. The molecule has 25 heavy (non-hydrogen) atoms. The van der Waals surface area contributed by atoms with Crippen LogP contribution in [-0.4, -0.2) is 63.2 Å². The molecule has 0 aromatic heterocycles. The number of amides is 1. The summed E-state index contributed by atoms with van der Waals surface area (Å²) >= 11 is 0. The molecule has 1 aliphatic rings. The molecule has 0 heterocycles. The summed E-state index contributed by atoms with van der Waals surface area (Å²) in [6, 6.07) is 0.323. The summed E-state index contributed by atoms with van der Waals surface area (Å²) in [5.41, 5.74) is 0.290. The van der Waals surface area contributed by atoms with Gasteiger partial charge in [0.2, 0.25) is 5.91 Å². The highest BCUT2D eigenvalue weighted by molar-refractivity contribution is 5.84. The van der Waals surface area contributed by atoms with Crippen LogP contribution in [0.4, 0.5) is 0 Å². The number of carbonyl (C=O) groups is 1. The lowest BCUT2D eigenvalue weighted by Gasteiger charge is -2.30. The van der Waals surface area contributed by atoms with Crippen LogP contribution in [-0.2, 0) is 9.53 Å². The van der Waals surface area contributed by atoms with Gasteiger partial charge in [0.1, 0.15) is 6.54 Å². The molecule has 2 N–H and O–H groups in total. The normalized spacial score (nSPS) is 18.0. The van der Waals surface area contributed by atoms with E-state index in [0.29, 0.717) is 11.5 Å². The number of hydrogen-bond acceptors (Lipinski definition) is 3. The number of guanidine groups is 1. The van der Waals surface area contributed by atoms with E-state index in [4.69, 9.17) is 4.74 Å². The molecule has 0 saturated heterocycles. The van der Waals surface area contributed by atoms with Gasteiger partial charge in [-0.15, -0.1) is 0 Å². The Morgan fingerprint density at radius 2 is 1.96 bits per heavy atom. The molecule has 1 unspecified atom stereocenters. The lowest BCUT2D eigenvalue weighted by atomic mass is 9.83. The lowest BCUT2D eigenvalue weighted by Crippen LogP contribution is -2.46. The Morgan fingerprint density at radius 1 is 1.28 bits per heavy atom. The van der Waals surface area contributed by atoms with Crippen LogP contribution in [0.25, 0.3) is 0 Å². The summed E-state index contributed by atoms with van der Waals surface area (Å²) in [5, 5.41) is 6.91. The Balaban J connectivity index is 2.67. The minimum atomic E-state index is 0.0113. The van der Waals surface area contributed by atoms with Crippen molar-refractivity contribution in [2.45, 2.75) is 65.3 Å². The Hall–Kier alpha value is -1.30. The maximum absolute atomic E-state index is 11.8. The van der Waals surface area contributed by atoms with Gasteiger partial charge in [-0.05, 0) is 44.9 Å². The van der Waals surface area contributed by atoms with Gasteiger partial charge in [0, 0.05) is 39.9 Å². The topological polar surface area (TPSA) is 66.0 Å². The molecule has 1 amide bonds. The number of ether oxygens (including phenoxy) is 1. The summed E-state index contributed by atoms with van der Waals surface area (Å²) in [6.07, 6.45) is 7.15. The quantitative estimate of drug-likeness (QED) is 0.359. The molecular weight excluding hydrogens is 316 g/mol. The third-order valence-corrected chi connectivity index (χ3v) is 5.14. The van der Waals surface area contributed by atoms with Gasteiger partial charge in [0.25, 0.3) is 0 Å². The molecule has 146 valence electrons. The van der Waals surface area contributed by atoms with Crippen LogP contribution in [0.2, 0.25) is 0 Å². The average Bonchev–Trinajstić information content (AvgIpc) is 3.06. The second kappa shape index (κ2) is 11.3. The van der Waals surface area contributed by atoms with E-state index in [0.717, 1.165) is 38.6 Å². The van der Waals surface area contributed by atoms with Crippen molar-refractivity contribution >= 4 is 11.9 Å². The van der Waals surface area contributed by atoms with Crippen LogP contribution in [0.3, 0.4) is 0 Å². The smallest absolute Gasteiger partial charge is 0.243 e. The predicted molar refractivity (Wildman–Crippen MR) is 104 cm³/mol. The third kappa shape index (κ3) is 8.08. The minimum absolute atomic E-state index is 0.0113. The molecule has 0 aliphatic heterocycles. The maximum Gasteiger partial charge on any atom is 0.243 e. The third-order valence-electron chi connectivity index (χ3n) is 5.14. The summed E-state index contributed by atoms with van der Waals surface area (Å²) in [4.78, 5) is 17.9. The Labute approximate surface area is 153 Å². The number of hydrogen-bond donors (Lipinski definition) is 2. The van der Waals surface area contributed by atoms with Crippen LogP contribution < -0.4 is 10.6 Å². The average molecular weight is 355 g/mol. The highest BCUT2D eigenvalue weighted by Gasteiger charge is 2.33. The van der Waals surface area contributed by atoms with Gasteiger partial charge in [0.05, 0.1) is 0 Å². The van der Waals surface area contributed by atoms with E-state index < -0.39 is 0 Å². The van der Waals surface area contributed by atoms with Gasteiger partial charge in [-0.1, -0.05) is 19.8 Å². The predicted octanol–water partition coefficient (Wildman–Crippen LogP) is 2.40. The second-order valence-electron chi connectivity index (χ2n) is 7.41. The van der Waals surface area contributed by atoms with E-state index in [2.05, 4.69) is 29.5 Å². The first kappa shape index (κ1) is 21.7. The fourth-order valence-electron chi connectivity index (χ4n) is 3.12. The van der Waals surface area contributed by atoms with E-state index in [-0.39, 0.29) is 12.5 Å². The summed E-state index contributed by atoms with van der Waals surface area (Å²) in [6.45, 7) is 8.97. The number of rotatable bonds is 10. The molecule has 0 spiro atoms. The van der Waals surface area contributed by atoms with Crippen LogP contribution in [0.15, 0.2) is 4.99 Å². The molecule has 1 saturated carbocycles. The van der Waals surface area contributed by atoms with Gasteiger partial charge >= 0.3 is 0 Å². The Kier molecular flexibility index (Phi) is 9.86. The van der Waals surface area contributed by atoms with Crippen molar-refractivity contribution in [2.24, 2.45) is 10.4 Å². The first-order valence-corrected chi connectivity index (χ1v) is 9.75. The fourth-order valence-corrected chi connectivity index (χ4v) is 3.12. The van der Waals surface area contributed by atoms with Crippen LogP contribution in [0, 0.1) is 5.41 Å². The van der Waals surface area contributed by atoms with E-state index in [1.165, 1.54) is 25.7 Å². The van der Waals surface area contributed by atoms with E-state index in [1.807, 2.05) is 6.92 Å². The van der Waals surface area contributed by atoms with Crippen LogP contribution >= 0.6 is 0 Å². The number of nitrogens with one attached hydrogen (secondary N) is 2. The molecule has 0 aromatic rings. The Morgan fingerprint density at radius 3 is 2.52 bits per heavy atom. The van der Waals surface area contributed by atoms with E-state index in [9.17, 15) is 4.79 Å². The molecule has 0 radical (unpaired) electrons. The summed E-state index contributed by atoms with van der Waals surface area (Å²) < 4.78 is 5.59. The second-order valence-corrected chi connectivity index (χ2v) is 7.41. The van der Waals surface area contributed by atoms with Gasteiger partial charge in [-0.25, -0.2) is 4.99 Å². The zero-order valence-corrected chi connectivity index (χ0v) is 16.9.